The minimum Gasteiger partial charge on any atom is -0.479 e. The summed E-state index contributed by atoms with van der Waals surface area (Å²) in [6.07, 6.45) is -0.574. The lowest BCUT2D eigenvalue weighted by Crippen LogP contribution is -2.34. The SMILES string of the molecule is Cc1nc(C(=O)Nc2ccc3c(c2)NC(=O)[C@H](C)O3)nn1-c1ccc(F)cc1. The third kappa shape index (κ3) is 3.29. The first-order chi connectivity index (χ1) is 13.4. The maximum atomic E-state index is 13.1. The maximum absolute atomic E-state index is 13.1. The van der Waals surface area contributed by atoms with Crippen LogP contribution < -0.4 is 15.4 Å². The standard InChI is InChI=1S/C19H16FN5O3/c1-10-18(26)23-15-9-13(5-8-16(15)28-10)22-19(27)17-21-11(2)25(24-17)14-6-3-12(20)4-7-14/h3-10H,1-2H3,(H,22,27)(H,23,26)/t10-/m0/s1. The van der Waals surface area contributed by atoms with Gasteiger partial charge in [-0.15, -0.1) is 5.10 Å². The predicted octanol–water partition coefficient (Wildman–Crippen LogP) is 2.69. The number of amides is 2. The summed E-state index contributed by atoms with van der Waals surface area (Å²) in [4.78, 5) is 28.4. The van der Waals surface area contributed by atoms with Gasteiger partial charge < -0.3 is 15.4 Å². The lowest BCUT2D eigenvalue weighted by molar-refractivity contribution is -0.122. The molecule has 0 unspecified atom stereocenters. The van der Waals surface area contributed by atoms with Gasteiger partial charge in [0.05, 0.1) is 11.4 Å². The number of carbonyl (C=O) groups is 2. The van der Waals surface area contributed by atoms with E-state index in [1.54, 1.807) is 44.2 Å². The molecule has 9 heteroatoms. The minimum atomic E-state index is -0.574. The summed E-state index contributed by atoms with van der Waals surface area (Å²) in [5, 5.41) is 9.60. The zero-order chi connectivity index (χ0) is 19.8. The van der Waals surface area contributed by atoms with Crippen LogP contribution in [0.2, 0.25) is 0 Å². The molecule has 0 spiro atoms. The number of ether oxygens (including phenoxy) is 1. The zero-order valence-corrected chi connectivity index (χ0v) is 15.1. The van der Waals surface area contributed by atoms with Crippen molar-refractivity contribution in [3.63, 3.8) is 0 Å². The molecular weight excluding hydrogens is 365 g/mol. The van der Waals surface area contributed by atoms with Crippen molar-refractivity contribution in [2.24, 2.45) is 0 Å². The molecule has 3 aromatic rings. The first kappa shape index (κ1) is 17.7. The van der Waals surface area contributed by atoms with Gasteiger partial charge in [-0.3, -0.25) is 9.59 Å². The second-order valence-electron chi connectivity index (χ2n) is 6.29. The second kappa shape index (κ2) is 6.76. The quantitative estimate of drug-likeness (QED) is 0.727. The first-order valence-electron chi connectivity index (χ1n) is 8.53. The molecule has 2 N–H and O–H groups in total. The Balaban J connectivity index is 1.55. The van der Waals surface area contributed by atoms with Gasteiger partial charge in [-0.05, 0) is 56.3 Å². The number of aryl methyl sites for hydroxylation is 1. The van der Waals surface area contributed by atoms with Crippen LogP contribution in [0.5, 0.6) is 5.75 Å². The van der Waals surface area contributed by atoms with Crippen LogP contribution in [0.4, 0.5) is 15.8 Å². The van der Waals surface area contributed by atoms with Crippen LogP contribution in [-0.4, -0.2) is 32.7 Å². The van der Waals surface area contributed by atoms with E-state index in [4.69, 9.17) is 4.74 Å². The molecule has 28 heavy (non-hydrogen) atoms. The molecule has 2 heterocycles. The highest BCUT2D eigenvalue weighted by Crippen LogP contribution is 2.32. The average molecular weight is 381 g/mol. The summed E-state index contributed by atoms with van der Waals surface area (Å²) in [6.45, 7) is 3.35. The van der Waals surface area contributed by atoms with E-state index >= 15 is 0 Å². The second-order valence-corrected chi connectivity index (χ2v) is 6.29. The number of anilines is 2. The molecule has 2 aromatic carbocycles. The normalized spacial score (nSPS) is 15.4. The molecule has 0 bridgehead atoms. The van der Waals surface area contributed by atoms with Crippen molar-refractivity contribution in [1.82, 2.24) is 14.8 Å². The van der Waals surface area contributed by atoms with Crippen molar-refractivity contribution in [2.45, 2.75) is 20.0 Å². The monoisotopic (exact) mass is 381 g/mol. The Kier molecular flexibility index (Phi) is 4.26. The molecule has 1 aliphatic heterocycles. The third-order valence-electron chi connectivity index (χ3n) is 4.21. The molecule has 1 aliphatic rings. The van der Waals surface area contributed by atoms with E-state index in [1.807, 2.05) is 0 Å². The molecule has 0 saturated heterocycles. The molecule has 8 nitrogen and oxygen atoms in total. The minimum absolute atomic E-state index is 0.0338. The first-order valence-corrected chi connectivity index (χ1v) is 8.53. The van der Waals surface area contributed by atoms with Gasteiger partial charge in [0.2, 0.25) is 5.82 Å². The molecule has 0 aliphatic carbocycles. The van der Waals surface area contributed by atoms with E-state index < -0.39 is 12.0 Å². The number of hydrogen-bond acceptors (Lipinski definition) is 5. The molecule has 4 rings (SSSR count). The Morgan fingerprint density at radius 2 is 2.00 bits per heavy atom. The molecule has 1 atom stereocenters. The van der Waals surface area contributed by atoms with Crippen molar-refractivity contribution < 1.29 is 18.7 Å². The Morgan fingerprint density at radius 3 is 2.75 bits per heavy atom. The van der Waals surface area contributed by atoms with Crippen molar-refractivity contribution in [3.8, 4) is 11.4 Å². The van der Waals surface area contributed by atoms with E-state index in [9.17, 15) is 14.0 Å². The van der Waals surface area contributed by atoms with Crippen LogP contribution in [0.15, 0.2) is 42.5 Å². The molecule has 142 valence electrons. The van der Waals surface area contributed by atoms with E-state index in [2.05, 4.69) is 20.7 Å². The van der Waals surface area contributed by atoms with Crippen LogP contribution in [0.25, 0.3) is 5.69 Å². The van der Waals surface area contributed by atoms with Gasteiger partial charge in [0.1, 0.15) is 17.4 Å². The molecule has 0 radical (unpaired) electrons. The summed E-state index contributed by atoms with van der Waals surface area (Å²) in [5.41, 5.74) is 1.52. The lowest BCUT2D eigenvalue weighted by Gasteiger charge is -2.23. The number of benzene rings is 2. The highest BCUT2D eigenvalue weighted by Gasteiger charge is 2.24. The highest BCUT2D eigenvalue weighted by atomic mass is 19.1. The van der Waals surface area contributed by atoms with Gasteiger partial charge >= 0.3 is 0 Å². The number of rotatable bonds is 3. The van der Waals surface area contributed by atoms with E-state index in [0.29, 0.717) is 28.6 Å². The van der Waals surface area contributed by atoms with Gasteiger partial charge in [0, 0.05) is 5.69 Å². The Hall–Kier alpha value is -3.75. The van der Waals surface area contributed by atoms with Crippen LogP contribution in [0.3, 0.4) is 0 Å². The summed E-state index contributed by atoms with van der Waals surface area (Å²) in [6, 6.07) is 10.6. The summed E-state index contributed by atoms with van der Waals surface area (Å²) < 4.78 is 20.0. The molecular formula is C19H16FN5O3. The number of carbonyl (C=O) groups excluding carboxylic acids is 2. The molecule has 0 saturated carbocycles. The van der Waals surface area contributed by atoms with Gasteiger partial charge in [-0.2, -0.15) is 0 Å². The summed E-state index contributed by atoms with van der Waals surface area (Å²) in [5.74, 6) is -0.158. The maximum Gasteiger partial charge on any atom is 0.295 e. The van der Waals surface area contributed by atoms with Crippen LogP contribution in [0, 0.1) is 12.7 Å². The largest absolute Gasteiger partial charge is 0.479 e. The smallest absolute Gasteiger partial charge is 0.295 e. The van der Waals surface area contributed by atoms with Crippen molar-refractivity contribution in [3.05, 3.63) is 59.9 Å². The van der Waals surface area contributed by atoms with Crippen molar-refractivity contribution in [1.29, 1.82) is 0 Å². The number of nitrogens with zero attached hydrogens (tertiary/aromatic N) is 3. The fourth-order valence-corrected chi connectivity index (χ4v) is 2.79. The van der Waals surface area contributed by atoms with Crippen LogP contribution in [-0.2, 0) is 4.79 Å². The molecule has 2 amide bonds. The fraction of sp³-hybridized carbons (Fsp3) is 0.158. The van der Waals surface area contributed by atoms with Gasteiger partial charge in [-0.1, -0.05) is 0 Å². The summed E-state index contributed by atoms with van der Waals surface area (Å²) >= 11 is 0. The fourth-order valence-electron chi connectivity index (χ4n) is 2.79. The Labute approximate surface area is 159 Å². The summed E-state index contributed by atoms with van der Waals surface area (Å²) in [7, 11) is 0. The Bertz CT molecular complexity index is 1080. The highest BCUT2D eigenvalue weighted by molar-refractivity contribution is 6.03. The molecule has 1 aromatic heterocycles. The van der Waals surface area contributed by atoms with Gasteiger partial charge in [0.25, 0.3) is 11.8 Å². The van der Waals surface area contributed by atoms with E-state index in [1.165, 1.54) is 16.8 Å². The van der Waals surface area contributed by atoms with E-state index in [0.717, 1.165) is 0 Å². The number of aromatic nitrogens is 3. The van der Waals surface area contributed by atoms with Crippen LogP contribution in [0.1, 0.15) is 23.4 Å². The third-order valence-corrected chi connectivity index (χ3v) is 4.21. The average Bonchev–Trinajstić information content (AvgIpc) is 3.05. The zero-order valence-electron chi connectivity index (χ0n) is 15.1. The van der Waals surface area contributed by atoms with Crippen LogP contribution >= 0.6 is 0 Å². The number of halogens is 1. The van der Waals surface area contributed by atoms with Gasteiger partial charge in [0.15, 0.2) is 6.10 Å². The van der Waals surface area contributed by atoms with Gasteiger partial charge in [-0.25, -0.2) is 14.1 Å². The molecule has 0 fully saturated rings. The number of nitrogens with one attached hydrogen (secondary N) is 2. The Morgan fingerprint density at radius 1 is 1.25 bits per heavy atom. The predicted molar refractivity (Wildman–Crippen MR) is 99.2 cm³/mol. The van der Waals surface area contributed by atoms with E-state index in [-0.39, 0.29) is 17.5 Å². The lowest BCUT2D eigenvalue weighted by atomic mass is 10.2. The number of hydrogen-bond donors (Lipinski definition) is 2. The topological polar surface area (TPSA) is 98.1 Å². The number of fused-ring (bicyclic) bond motifs is 1. The van der Waals surface area contributed by atoms with Crippen molar-refractivity contribution >= 4 is 23.2 Å². The van der Waals surface area contributed by atoms with Crippen molar-refractivity contribution in [2.75, 3.05) is 10.6 Å².